The molecule has 1 saturated heterocycles. The lowest BCUT2D eigenvalue weighted by Crippen LogP contribution is -2.33. The van der Waals surface area contributed by atoms with Gasteiger partial charge in [-0.05, 0) is 12.5 Å². The molecule has 11 nitrogen and oxygen atoms in total. The van der Waals surface area contributed by atoms with Gasteiger partial charge in [-0.3, -0.25) is 18.9 Å². The number of nitrogens with zero attached hydrogens (tertiary/aromatic N) is 4. The quantitative estimate of drug-likeness (QED) is 0.350. The first-order valence-electron chi connectivity index (χ1n) is 7.06. The van der Waals surface area contributed by atoms with Gasteiger partial charge in [0, 0.05) is 37.3 Å². The molecule has 1 N–H and O–H groups in total. The van der Waals surface area contributed by atoms with Gasteiger partial charge in [0.05, 0.1) is 18.3 Å². The topological polar surface area (TPSA) is 148 Å². The summed E-state index contributed by atoms with van der Waals surface area (Å²) in [5.74, 6) is 0. The van der Waals surface area contributed by atoms with Crippen LogP contribution >= 0.6 is 7.60 Å². The van der Waals surface area contributed by atoms with E-state index in [4.69, 9.17) is 19.3 Å². The van der Waals surface area contributed by atoms with E-state index in [1.807, 2.05) is 0 Å². The summed E-state index contributed by atoms with van der Waals surface area (Å²) in [6.07, 6.45) is -0.0928. The molecular weight excluding hydrogens is 341 g/mol. The van der Waals surface area contributed by atoms with Crippen LogP contribution in [0, 0.1) is 6.92 Å². The zero-order chi connectivity index (χ0) is 17.9. The Kier molecular flexibility index (Phi) is 5.63. The second-order valence-corrected chi connectivity index (χ2v) is 7.59. The number of hydrogen-bond acceptors (Lipinski definition) is 7. The summed E-state index contributed by atoms with van der Waals surface area (Å²) < 4.78 is 29.0. The second-order valence-electron chi connectivity index (χ2n) is 5.27. The van der Waals surface area contributed by atoms with E-state index >= 15 is 0 Å². The average Bonchev–Trinajstić information content (AvgIpc) is 2.93. The van der Waals surface area contributed by atoms with Crippen molar-refractivity contribution in [3.63, 3.8) is 0 Å². The molecule has 1 aliphatic heterocycles. The molecular formula is C12H18N5O6P. The summed E-state index contributed by atoms with van der Waals surface area (Å²) in [7, 11) is -0.902. The van der Waals surface area contributed by atoms with Crippen molar-refractivity contribution in [1.82, 2.24) is 9.55 Å². The van der Waals surface area contributed by atoms with Gasteiger partial charge >= 0.3 is 13.3 Å². The molecule has 1 aromatic rings. The number of ether oxygens (including phenoxy) is 1. The van der Waals surface area contributed by atoms with Crippen LogP contribution in [-0.4, -0.2) is 42.1 Å². The zero-order valence-corrected chi connectivity index (χ0v) is 14.3. The van der Waals surface area contributed by atoms with Crippen molar-refractivity contribution in [2.75, 3.05) is 20.4 Å². The third-order valence-corrected chi connectivity index (χ3v) is 5.74. The maximum Gasteiger partial charge on any atom is 0.332 e. The Bertz CT molecular complexity index is 805. The number of rotatable bonds is 6. The molecule has 1 fully saturated rings. The highest BCUT2D eigenvalue weighted by molar-refractivity contribution is 7.53. The Balaban J connectivity index is 2.32. The summed E-state index contributed by atoms with van der Waals surface area (Å²) in [6.45, 7) is 1.55. The monoisotopic (exact) mass is 359 g/mol. The van der Waals surface area contributed by atoms with Crippen LogP contribution in [0.3, 0.4) is 0 Å². The van der Waals surface area contributed by atoms with Gasteiger partial charge in [0.15, 0.2) is 0 Å². The lowest BCUT2D eigenvalue weighted by molar-refractivity contribution is 0.00514. The molecule has 0 aliphatic carbocycles. The first-order valence-corrected chi connectivity index (χ1v) is 8.78. The number of aryl methyl sites for hydroxylation is 1. The second kappa shape index (κ2) is 7.33. The van der Waals surface area contributed by atoms with Crippen LogP contribution < -0.4 is 11.2 Å². The highest BCUT2D eigenvalue weighted by Gasteiger charge is 2.41. The minimum Gasteiger partial charge on any atom is -0.354 e. The maximum atomic E-state index is 12.3. The third-order valence-electron chi connectivity index (χ3n) is 3.82. The fourth-order valence-electron chi connectivity index (χ4n) is 2.48. The Labute approximate surface area is 136 Å². The van der Waals surface area contributed by atoms with Crippen molar-refractivity contribution in [3.05, 3.63) is 43.0 Å². The summed E-state index contributed by atoms with van der Waals surface area (Å²) in [6, 6.07) is -0.655. The molecule has 1 aliphatic rings. The van der Waals surface area contributed by atoms with Gasteiger partial charge < -0.3 is 13.8 Å². The molecule has 0 unspecified atom stereocenters. The molecule has 0 saturated carbocycles. The van der Waals surface area contributed by atoms with Crippen molar-refractivity contribution in [1.29, 1.82) is 0 Å². The summed E-state index contributed by atoms with van der Waals surface area (Å²) in [5.41, 5.74) is 7.91. The number of azide groups is 1. The number of aromatic nitrogens is 2. The predicted octanol–water partition coefficient (Wildman–Crippen LogP) is 1.30. The lowest BCUT2D eigenvalue weighted by Gasteiger charge is -2.20. The van der Waals surface area contributed by atoms with Crippen molar-refractivity contribution in [2.24, 2.45) is 5.11 Å². The van der Waals surface area contributed by atoms with Crippen LogP contribution in [0.1, 0.15) is 18.2 Å². The van der Waals surface area contributed by atoms with E-state index in [9.17, 15) is 14.2 Å². The molecule has 0 spiro atoms. The number of nitrogens with one attached hydrogen (secondary N) is 1. The molecule has 12 heteroatoms. The number of H-pyrrole nitrogens is 1. The normalized spacial score (nSPS) is 23.9. The van der Waals surface area contributed by atoms with Crippen molar-refractivity contribution >= 4 is 7.60 Å². The first-order chi connectivity index (χ1) is 11.3. The smallest absolute Gasteiger partial charge is 0.332 e. The molecule has 2 heterocycles. The van der Waals surface area contributed by atoms with E-state index in [1.165, 1.54) is 25.0 Å². The minimum absolute atomic E-state index is 0.128. The van der Waals surface area contributed by atoms with Crippen molar-refractivity contribution in [3.8, 4) is 0 Å². The summed E-state index contributed by atoms with van der Waals surface area (Å²) >= 11 is 0. The Morgan fingerprint density at radius 2 is 2.17 bits per heavy atom. The fraction of sp³-hybridized carbons (Fsp3) is 0.667. The van der Waals surface area contributed by atoms with Crippen LogP contribution in [0.15, 0.2) is 20.9 Å². The van der Waals surface area contributed by atoms with E-state index in [1.54, 1.807) is 6.92 Å². The molecule has 2 rings (SSSR count). The van der Waals surface area contributed by atoms with Gasteiger partial charge in [0.1, 0.15) is 6.23 Å². The molecule has 0 bridgehead atoms. The van der Waals surface area contributed by atoms with Gasteiger partial charge in [-0.1, -0.05) is 5.11 Å². The lowest BCUT2D eigenvalue weighted by atomic mass is 10.1. The summed E-state index contributed by atoms with van der Waals surface area (Å²) in [5, 5.41) is 3.64. The largest absolute Gasteiger partial charge is 0.354 e. The van der Waals surface area contributed by atoms with E-state index in [2.05, 4.69) is 15.0 Å². The van der Waals surface area contributed by atoms with Gasteiger partial charge in [0.25, 0.3) is 5.56 Å². The maximum absolute atomic E-state index is 12.3. The molecule has 0 amide bonds. The molecule has 1 aromatic heterocycles. The van der Waals surface area contributed by atoms with Crippen LogP contribution in [0.5, 0.6) is 0 Å². The van der Waals surface area contributed by atoms with Crippen LogP contribution in [-0.2, 0) is 18.3 Å². The average molecular weight is 359 g/mol. The van der Waals surface area contributed by atoms with Crippen molar-refractivity contribution in [2.45, 2.75) is 31.7 Å². The Hall–Kier alpha value is -1.90. The molecule has 0 radical (unpaired) electrons. The van der Waals surface area contributed by atoms with E-state index in [-0.39, 0.29) is 12.6 Å². The Morgan fingerprint density at radius 3 is 2.75 bits per heavy atom. The SMILES string of the molecule is COP(=O)(C[C@H]1O[C@@H](n2cc(C)c(=O)[nH]c2=O)C[C@@H]1N=[N+]=[N-])OC. The predicted molar refractivity (Wildman–Crippen MR) is 84.0 cm³/mol. The molecule has 132 valence electrons. The first kappa shape index (κ1) is 18.4. The fourth-order valence-corrected chi connectivity index (χ4v) is 3.70. The van der Waals surface area contributed by atoms with Gasteiger partial charge in [0.2, 0.25) is 0 Å². The number of hydrogen-bond donors (Lipinski definition) is 1. The van der Waals surface area contributed by atoms with Gasteiger partial charge in [-0.15, -0.1) is 0 Å². The minimum atomic E-state index is -3.39. The molecule has 0 aromatic carbocycles. The third kappa shape index (κ3) is 3.77. The van der Waals surface area contributed by atoms with Gasteiger partial charge in [-0.2, -0.15) is 0 Å². The standard InChI is InChI=1S/C12H18N5O6P/c1-7-5-17(12(19)14-11(7)18)10-4-8(15-16-13)9(23-10)6-24(20,21-2)22-3/h5,8-10H,4,6H2,1-3H3,(H,14,18,19)/t8-,9+,10+/m0/s1. The van der Waals surface area contributed by atoms with Gasteiger partial charge in [-0.25, -0.2) is 4.79 Å². The molecule has 24 heavy (non-hydrogen) atoms. The number of aromatic amines is 1. The zero-order valence-electron chi connectivity index (χ0n) is 13.4. The highest BCUT2D eigenvalue weighted by atomic mass is 31.2. The van der Waals surface area contributed by atoms with Crippen LogP contribution in [0.4, 0.5) is 0 Å². The molecule has 3 atom stereocenters. The summed E-state index contributed by atoms with van der Waals surface area (Å²) in [4.78, 5) is 28.4. The van der Waals surface area contributed by atoms with Crippen LogP contribution in [0.2, 0.25) is 0 Å². The van der Waals surface area contributed by atoms with Crippen molar-refractivity contribution < 1.29 is 18.3 Å². The van der Waals surface area contributed by atoms with E-state index in [0.717, 1.165) is 0 Å². The Morgan fingerprint density at radius 1 is 1.50 bits per heavy atom. The highest BCUT2D eigenvalue weighted by Crippen LogP contribution is 2.49. The van der Waals surface area contributed by atoms with E-state index in [0.29, 0.717) is 5.56 Å². The van der Waals surface area contributed by atoms with Crippen LogP contribution in [0.25, 0.3) is 10.4 Å². The van der Waals surface area contributed by atoms with E-state index < -0.39 is 37.2 Å².